The number of nitrogens with one attached hydrogen (secondary N) is 1. The van der Waals surface area contributed by atoms with E-state index in [1.54, 1.807) is 0 Å². The van der Waals surface area contributed by atoms with Crippen molar-refractivity contribution in [2.24, 2.45) is 0 Å². The monoisotopic (exact) mass is 189 g/mol. The van der Waals surface area contributed by atoms with Crippen molar-refractivity contribution in [3.05, 3.63) is 0 Å². The van der Waals surface area contributed by atoms with Crippen molar-refractivity contribution in [1.29, 1.82) is 0 Å². The van der Waals surface area contributed by atoms with Crippen LogP contribution in [0.25, 0.3) is 0 Å². The van der Waals surface area contributed by atoms with Crippen LogP contribution in [-0.4, -0.2) is 36.0 Å². The molecule has 80 valence electrons. The van der Waals surface area contributed by atoms with Gasteiger partial charge in [0.2, 0.25) is 0 Å². The van der Waals surface area contributed by atoms with Gasteiger partial charge in [0, 0.05) is 12.6 Å². The smallest absolute Gasteiger partial charge is 0.0898 e. The molecule has 0 spiro atoms. The van der Waals surface area contributed by atoms with Crippen molar-refractivity contribution in [2.45, 2.75) is 52.4 Å². The van der Waals surface area contributed by atoms with Gasteiger partial charge in [-0.3, -0.25) is 0 Å². The molecule has 0 radical (unpaired) electrons. The molecule has 0 aromatic rings. The highest BCUT2D eigenvalue weighted by molar-refractivity contribution is 4.65. The van der Waals surface area contributed by atoms with Crippen LogP contribution < -0.4 is 5.32 Å². The van der Waals surface area contributed by atoms with Crippen molar-refractivity contribution >= 4 is 0 Å². The molecule has 0 aromatic carbocycles. The minimum Gasteiger partial charge on any atom is -0.389 e. The molecule has 1 atom stereocenters. The van der Waals surface area contributed by atoms with E-state index < -0.39 is 6.10 Å². The first-order valence-electron chi connectivity index (χ1n) is 4.86. The molecule has 0 heterocycles. The zero-order valence-corrected chi connectivity index (χ0v) is 9.42. The Bertz CT molecular complexity index is 129. The molecule has 2 N–H and O–H groups in total. The molecular weight excluding hydrogens is 166 g/mol. The minimum atomic E-state index is -0.415. The Morgan fingerprint density at radius 1 is 1.31 bits per heavy atom. The van der Waals surface area contributed by atoms with Crippen molar-refractivity contribution in [2.75, 3.05) is 13.2 Å². The number of aliphatic hydroxyl groups excluding tert-OH is 1. The van der Waals surface area contributed by atoms with Crippen LogP contribution in [0.15, 0.2) is 0 Å². The molecule has 0 aliphatic carbocycles. The maximum atomic E-state index is 9.47. The molecule has 0 amide bonds. The predicted molar refractivity (Wildman–Crippen MR) is 54.9 cm³/mol. The Balaban J connectivity index is 3.46. The molecule has 3 nitrogen and oxygen atoms in total. The molecule has 0 aliphatic heterocycles. The third-order valence-corrected chi connectivity index (χ3v) is 1.47. The van der Waals surface area contributed by atoms with Crippen LogP contribution in [0.2, 0.25) is 0 Å². The highest BCUT2D eigenvalue weighted by Crippen LogP contribution is 2.06. The third kappa shape index (κ3) is 9.80. The van der Waals surface area contributed by atoms with Gasteiger partial charge in [0.15, 0.2) is 0 Å². The summed E-state index contributed by atoms with van der Waals surface area (Å²) in [6.07, 6.45) is -0.415. The fourth-order valence-electron chi connectivity index (χ4n) is 0.777. The largest absolute Gasteiger partial charge is 0.389 e. The number of hydrogen-bond acceptors (Lipinski definition) is 3. The van der Waals surface area contributed by atoms with Crippen LogP contribution >= 0.6 is 0 Å². The summed E-state index contributed by atoms with van der Waals surface area (Å²) in [4.78, 5) is 0. The maximum absolute atomic E-state index is 9.47. The van der Waals surface area contributed by atoms with Gasteiger partial charge in [-0.25, -0.2) is 0 Å². The summed E-state index contributed by atoms with van der Waals surface area (Å²) in [5, 5.41) is 12.6. The van der Waals surface area contributed by atoms with E-state index >= 15 is 0 Å². The molecule has 0 fully saturated rings. The summed E-state index contributed by atoms with van der Waals surface area (Å²) in [5.41, 5.74) is -0.168. The SMILES string of the molecule is CC(C)NC[C@@H](O)COC(C)(C)C. The molecule has 0 unspecified atom stereocenters. The maximum Gasteiger partial charge on any atom is 0.0898 e. The van der Waals surface area contributed by atoms with Gasteiger partial charge >= 0.3 is 0 Å². The van der Waals surface area contributed by atoms with Gasteiger partial charge < -0.3 is 15.2 Å². The van der Waals surface area contributed by atoms with Gasteiger partial charge in [-0.1, -0.05) is 13.8 Å². The van der Waals surface area contributed by atoms with Crippen molar-refractivity contribution in [3.8, 4) is 0 Å². The summed E-state index contributed by atoms with van der Waals surface area (Å²) in [6, 6.07) is 0.407. The van der Waals surface area contributed by atoms with Gasteiger partial charge in [-0.15, -0.1) is 0 Å². The predicted octanol–water partition coefficient (Wildman–Crippen LogP) is 1.16. The molecule has 0 rings (SSSR count). The summed E-state index contributed by atoms with van der Waals surface area (Å²) >= 11 is 0. The number of ether oxygens (including phenoxy) is 1. The molecule has 0 aromatic heterocycles. The van der Waals surface area contributed by atoms with Crippen LogP contribution in [0.5, 0.6) is 0 Å². The van der Waals surface area contributed by atoms with E-state index in [-0.39, 0.29) is 5.60 Å². The van der Waals surface area contributed by atoms with E-state index in [0.717, 1.165) is 0 Å². The Morgan fingerprint density at radius 3 is 2.23 bits per heavy atom. The second-order valence-corrected chi connectivity index (χ2v) is 4.64. The number of rotatable bonds is 5. The Hall–Kier alpha value is -0.120. The lowest BCUT2D eigenvalue weighted by Crippen LogP contribution is -2.36. The third-order valence-electron chi connectivity index (χ3n) is 1.47. The zero-order chi connectivity index (χ0) is 10.5. The second kappa shape index (κ2) is 5.58. The molecule has 0 aliphatic rings. The van der Waals surface area contributed by atoms with Gasteiger partial charge in [-0.05, 0) is 20.8 Å². The number of aliphatic hydroxyl groups is 1. The van der Waals surface area contributed by atoms with Crippen molar-refractivity contribution in [3.63, 3.8) is 0 Å². The molecule has 0 saturated carbocycles. The van der Waals surface area contributed by atoms with Gasteiger partial charge in [0.25, 0.3) is 0 Å². The Kier molecular flexibility index (Phi) is 5.53. The fourth-order valence-corrected chi connectivity index (χ4v) is 0.777. The summed E-state index contributed by atoms with van der Waals surface area (Å²) in [7, 11) is 0. The van der Waals surface area contributed by atoms with E-state index in [2.05, 4.69) is 19.2 Å². The lowest BCUT2D eigenvalue weighted by atomic mass is 10.2. The quantitative estimate of drug-likeness (QED) is 0.682. The van der Waals surface area contributed by atoms with Crippen LogP contribution in [0.3, 0.4) is 0 Å². The second-order valence-electron chi connectivity index (χ2n) is 4.64. The Labute approximate surface area is 81.5 Å². The standard InChI is InChI=1S/C10H23NO2/c1-8(2)11-6-9(12)7-13-10(3,4)5/h8-9,11-12H,6-7H2,1-5H3/t9-/m1/s1. The van der Waals surface area contributed by atoms with Gasteiger partial charge in [0.1, 0.15) is 0 Å². The average molecular weight is 189 g/mol. The first-order valence-corrected chi connectivity index (χ1v) is 4.86. The molecular formula is C10H23NO2. The summed E-state index contributed by atoms with van der Waals surface area (Å²) in [6.45, 7) is 11.0. The molecule has 3 heteroatoms. The van der Waals surface area contributed by atoms with E-state index in [9.17, 15) is 5.11 Å². The molecule has 0 bridgehead atoms. The summed E-state index contributed by atoms with van der Waals surface area (Å²) in [5.74, 6) is 0. The normalized spacial score (nSPS) is 15.0. The van der Waals surface area contributed by atoms with E-state index in [1.807, 2.05) is 20.8 Å². The highest BCUT2D eigenvalue weighted by Gasteiger charge is 2.13. The molecule has 0 saturated heterocycles. The van der Waals surface area contributed by atoms with Crippen LogP contribution in [0.4, 0.5) is 0 Å². The van der Waals surface area contributed by atoms with Crippen LogP contribution in [0.1, 0.15) is 34.6 Å². The van der Waals surface area contributed by atoms with Crippen LogP contribution in [0, 0.1) is 0 Å². The first kappa shape index (κ1) is 12.9. The molecule has 13 heavy (non-hydrogen) atoms. The van der Waals surface area contributed by atoms with Gasteiger partial charge in [0.05, 0.1) is 18.3 Å². The van der Waals surface area contributed by atoms with Crippen LogP contribution in [-0.2, 0) is 4.74 Å². The first-order chi connectivity index (χ1) is 5.81. The number of hydrogen-bond donors (Lipinski definition) is 2. The average Bonchev–Trinajstić information content (AvgIpc) is 1.95. The lowest BCUT2D eigenvalue weighted by molar-refractivity contribution is -0.0481. The van der Waals surface area contributed by atoms with E-state index in [4.69, 9.17) is 4.74 Å². The Morgan fingerprint density at radius 2 is 1.85 bits per heavy atom. The van der Waals surface area contributed by atoms with E-state index in [1.165, 1.54) is 0 Å². The highest BCUT2D eigenvalue weighted by atomic mass is 16.5. The van der Waals surface area contributed by atoms with Crippen molar-refractivity contribution < 1.29 is 9.84 Å². The zero-order valence-electron chi connectivity index (χ0n) is 9.42. The lowest BCUT2D eigenvalue weighted by Gasteiger charge is -2.22. The van der Waals surface area contributed by atoms with Crippen molar-refractivity contribution in [1.82, 2.24) is 5.32 Å². The van der Waals surface area contributed by atoms with E-state index in [0.29, 0.717) is 19.2 Å². The van der Waals surface area contributed by atoms with Gasteiger partial charge in [-0.2, -0.15) is 0 Å². The summed E-state index contributed by atoms with van der Waals surface area (Å²) < 4.78 is 5.43. The topological polar surface area (TPSA) is 41.5 Å². The minimum absolute atomic E-state index is 0.168. The fraction of sp³-hybridized carbons (Fsp3) is 1.00.